The first-order valence-corrected chi connectivity index (χ1v) is 15.9. The fourth-order valence-electron chi connectivity index (χ4n) is 7.14. The topological polar surface area (TPSA) is 113 Å². The highest BCUT2D eigenvalue weighted by molar-refractivity contribution is 7.23. The molecule has 0 amide bonds. The molecule has 9 nitrogen and oxygen atoms in total. The molecule has 3 aromatic heterocycles. The first kappa shape index (κ1) is 29.1. The molecule has 2 atom stereocenters. The quantitative estimate of drug-likeness (QED) is 0.217. The van der Waals surface area contributed by atoms with Gasteiger partial charge in [0.25, 0.3) is 0 Å². The minimum atomic E-state index is -0.952. The number of nitriles is 1. The number of benzene rings is 2. The average molecular weight is 664 g/mol. The maximum Gasteiger partial charge on any atom is 0.319 e. The van der Waals surface area contributed by atoms with Crippen LogP contribution in [0.4, 0.5) is 29.7 Å². The number of alkyl halides is 1. The molecular formula is C32H25ClF3N7O2S. The standard InChI is InChI=1S/C32H25ClF3N7O2S/c33-24-22(18-2-3-20(35)28-21(18)19(13-37)29(38)46-28)25(36)26-23-27(24)44-11-10-43(17-4-7-39-8-5-17)30(23)41-31(40-26)45-15-32-6-1-9-42(32)14-16(34)12-32/h2-5,7-8,16H,1,6,9-12,14-15,38H2/t16-,32?/m1/s1. The summed E-state index contributed by atoms with van der Waals surface area (Å²) >= 11 is 7.88. The van der Waals surface area contributed by atoms with Gasteiger partial charge in [-0.05, 0) is 43.1 Å². The molecule has 2 aromatic carbocycles. The molecule has 0 bridgehead atoms. The van der Waals surface area contributed by atoms with Gasteiger partial charge in [0.05, 0.1) is 32.8 Å². The first-order valence-electron chi connectivity index (χ1n) is 14.8. The van der Waals surface area contributed by atoms with Gasteiger partial charge in [-0.3, -0.25) is 9.88 Å². The largest absolute Gasteiger partial charge is 0.489 e. The Hall–Kier alpha value is -4.38. The Balaban J connectivity index is 1.36. The number of nitrogens with zero attached hydrogens (tertiary/aromatic N) is 6. The molecule has 2 N–H and O–H groups in total. The highest BCUT2D eigenvalue weighted by Gasteiger charge is 2.49. The van der Waals surface area contributed by atoms with Crippen LogP contribution in [0.25, 0.3) is 32.1 Å². The van der Waals surface area contributed by atoms with Crippen molar-refractivity contribution in [2.45, 2.75) is 31.0 Å². The third-order valence-electron chi connectivity index (χ3n) is 9.16. The van der Waals surface area contributed by atoms with Crippen molar-refractivity contribution in [3.05, 3.63) is 58.9 Å². The number of fused-ring (bicyclic) bond motifs is 2. The molecule has 3 aliphatic rings. The van der Waals surface area contributed by atoms with Gasteiger partial charge in [0, 0.05) is 42.0 Å². The van der Waals surface area contributed by atoms with Gasteiger partial charge in [-0.15, -0.1) is 11.3 Å². The molecule has 6 heterocycles. The van der Waals surface area contributed by atoms with Crippen molar-refractivity contribution in [3.8, 4) is 29.0 Å². The number of ether oxygens (including phenoxy) is 2. The number of thiophene rings is 1. The summed E-state index contributed by atoms with van der Waals surface area (Å²) in [6.45, 7) is 1.74. The lowest BCUT2D eigenvalue weighted by Crippen LogP contribution is -2.43. The number of nitrogens with two attached hydrogens (primary N) is 1. The zero-order valence-electron chi connectivity index (χ0n) is 24.2. The summed E-state index contributed by atoms with van der Waals surface area (Å²) in [5.41, 5.74) is 6.26. The van der Waals surface area contributed by atoms with Gasteiger partial charge >= 0.3 is 6.01 Å². The number of aromatic nitrogens is 3. The fraction of sp³-hybridized carbons (Fsp3) is 0.312. The van der Waals surface area contributed by atoms with Crippen molar-refractivity contribution in [2.24, 2.45) is 0 Å². The summed E-state index contributed by atoms with van der Waals surface area (Å²) < 4.78 is 59.0. The van der Waals surface area contributed by atoms with E-state index in [1.165, 1.54) is 12.1 Å². The summed E-state index contributed by atoms with van der Waals surface area (Å²) in [5, 5.41) is 10.3. The lowest BCUT2D eigenvalue weighted by Gasteiger charge is -2.31. The molecule has 2 saturated heterocycles. The van der Waals surface area contributed by atoms with E-state index in [1.807, 2.05) is 11.0 Å². The lowest BCUT2D eigenvalue weighted by molar-refractivity contribution is 0.107. The number of pyridine rings is 1. The van der Waals surface area contributed by atoms with Gasteiger partial charge in [0.1, 0.15) is 41.8 Å². The molecular weight excluding hydrogens is 639 g/mol. The fourth-order valence-corrected chi connectivity index (χ4v) is 8.43. The number of halogens is 4. The second-order valence-electron chi connectivity index (χ2n) is 11.7. The average Bonchev–Trinajstić information content (AvgIpc) is 3.65. The molecule has 234 valence electrons. The van der Waals surface area contributed by atoms with E-state index < -0.39 is 23.3 Å². The predicted octanol–water partition coefficient (Wildman–Crippen LogP) is 6.78. The van der Waals surface area contributed by atoms with E-state index in [2.05, 4.69) is 14.9 Å². The third-order valence-corrected chi connectivity index (χ3v) is 10.6. The van der Waals surface area contributed by atoms with E-state index in [-0.39, 0.29) is 72.7 Å². The molecule has 8 rings (SSSR count). The minimum Gasteiger partial charge on any atom is -0.489 e. The monoisotopic (exact) mass is 663 g/mol. The van der Waals surface area contributed by atoms with Crippen molar-refractivity contribution < 1.29 is 22.6 Å². The van der Waals surface area contributed by atoms with Gasteiger partial charge in [-0.2, -0.15) is 15.2 Å². The molecule has 5 aromatic rings. The van der Waals surface area contributed by atoms with E-state index >= 15 is 4.39 Å². The second-order valence-corrected chi connectivity index (χ2v) is 13.1. The number of anilines is 3. The number of hydrogen-bond donors (Lipinski definition) is 1. The second kappa shape index (κ2) is 10.9. The van der Waals surface area contributed by atoms with E-state index in [1.54, 1.807) is 24.5 Å². The van der Waals surface area contributed by atoms with Crippen LogP contribution >= 0.6 is 22.9 Å². The summed E-state index contributed by atoms with van der Waals surface area (Å²) in [4.78, 5) is 17.4. The van der Waals surface area contributed by atoms with Crippen molar-refractivity contribution >= 4 is 60.4 Å². The SMILES string of the molecule is N#Cc1c(N)sc2c(F)ccc(-c3c(Cl)c4c5c(nc(OCC67CCCN6C[C@H](F)C7)nc5c3F)N(c3ccncc3)CCO4)c12. The van der Waals surface area contributed by atoms with Crippen molar-refractivity contribution in [3.63, 3.8) is 0 Å². The van der Waals surface area contributed by atoms with Crippen LogP contribution in [0.15, 0.2) is 36.7 Å². The molecule has 14 heteroatoms. The van der Waals surface area contributed by atoms with E-state index in [4.69, 9.17) is 31.8 Å². The Bertz CT molecular complexity index is 2090. The zero-order chi connectivity index (χ0) is 31.7. The smallest absolute Gasteiger partial charge is 0.319 e. The molecule has 0 radical (unpaired) electrons. The van der Waals surface area contributed by atoms with Crippen LogP contribution in [0.5, 0.6) is 11.8 Å². The van der Waals surface area contributed by atoms with Crippen LogP contribution in [-0.4, -0.2) is 64.4 Å². The van der Waals surface area contributed by atoms with Gasteiger partial charge in [0.2, 0.25) is 0 Å². The van der Waals surface area contributed by atoms with Crippen molar-refractivity contribution in [1.82, 2.24) is 19.9 Å². The van der Waals surface area contributed by atoms with E-state index in [0.717, 1.165) is 36.4 Å². The maximum absolute atomic E-state index is 17.1. The van der Waals surface area contributed by atoms with Crippen molar-refractivity contribution in [1.29, 1.82) is 5.26 Å². The number of rotatable bonds is 5. The predicted molar refractivity (Wildman–Crippen MR) is 170 cm³/mol. The zero-order valence-corrected chi connectivity index (χ0v) is 25.8. The first-order chi connectivity index (χ1) is 22.3. The summed E-state index contributed by atoms with van der Waals surface area (Å²) in [6.07, 6.45) is 4.36. The summed E-state index contributed by atoms with van der Waals surface area (Å²) in [5.74, 6) is -0.977. The van der Waals surface area contributed by atoms with Crippen LogP contribution in [0, 0.1) is 23.0 Å². The highest BCUT2D eigenvalue weighted by atomic mass is 35.5. The minimum absolute atomic E-state index is 0.0243. The summed E-state index contributed by atoms with van der Waals surface area (Å²) in [7, 11) is 0. The van der Waals surface area contributed by atoms with Gasteiger partial charge in [0.15, 0.2) is 17.4 Å². The normalized spacial score (nSPS) is 20.9. The number of nitrogen functional groups attached to an aromatic ring is 1. The van der Waals surface area contributed by atoms with Crippen LogP contribution < -0.4 is 20.1 Å². The summed E-state index contributed by atoms with van der Waals surface area (Å²) in [6, 6.07) is 8.07. The van der Waals surface area contributed by atoms with Gasteiger partial charge in [-0.25, -0.2) is 13.2 Å². The Kier molecular flexibility index (Phi) is 6.86. The van der Waals surface area contributed by atoms with E-state index in [9.17, 15) is 14.0 Å². The third kappa shape index (κ3) is 4.35. The van der Waals surface area contributed by atoms with Crippen LogP contribution in [-0.2, 0) is 0 Å². The Morgan fingerprint density at radius 1 is 1.17 bits per heavy atom. The Labute approximate surface area is 269 Å². The lowest BCUT2D eigenvalue weighted by atomic mass is 9.95. The van der Waals surface area contributed by atoms with Crippen LogP contribution in [0.3, 0.4) is 0 Å². The molecule has 46 heavy (non-hydrogen) atoms. The molecule has 0 spiro atoms. The molecule has 0 saturated carbocycles. The molecule has 1 unspecified atom stereocenters. The molecule has 2 fully saturated rings. The maximum atomic E-state index is 17.1. The molecule has 0 aliphatic carbocycles. The highest BCUT2D eigenvalue weighted by Crippen LogP contribution is 2.51. The Morgan fingerprint density at radius 2 is 2.00 bits per heavy atom. The molecule has 3 aliphatic heterocycles. The van der Waals surface area contributed by atoms with Crippen LogP contribution in [0.2, 0.25) is 5.02 Å². The van der Waals surface area contributed by atoms with Crippen LogP contribution in [0.1, 0.15) is 24.8 Å². The Morgan fingerprint density at radius 3 is 2.80 bits per heavy atom. The van der Waals surface area contributed by atoms with Crippen molar-refractivity contribution in [2.75, 3.05) is 43.5 Å². The number of hydrogen-bond acceptors (Lipinski definition) is 10. The van der Waals surface area contributed by atoms with E-state index in [0.29, 0.717) is 25.3 Å². The van der Waals surface area contributed by atoms with Gasteiger partial charge < -0.3 is 20.1 Å². The van der Waals surface area contributed by atoms with Gasteiger partial charge in [-0.1, -0.05) is 17.7 Å².